The van der Waals surface area contributed by atoms with Gasteiger partial charge in [-0.3, -0.25) is 0 Å². The summed E-state index contributed by atoms with van der Waals surface area (Å²) in [6, 6.07) is 7.20. The average molecular weight is 276 g/mol. The zero-order chi connectivity index (χ0) is 13.4. The number of ether oxygens (including phenoxy) is 1. The molecule has 19 heavy (non-hydrogen) atoms. The molecule has 0 unspecified atom stereocenters. The van der Waals surface area contributed by atoms with Crippen LogP contribution in [0.5, 0.6) is 5.75 Å². The third-order valence-electron chi connectivity index (χ3n) is 2.81. The Labute approximate surface area is 114 Å². The van der Waals surface area contributed by atoms with Crippen LogP contribution in [0.1, 0.15) is 16.9 Å². The molecule has 1 aliphatic heterocycles. The number of nitrogens with zero attached hydrogens (tertiary/aromatic N) is 1. The van der Waals surface area contributed by atoms with Gasteiger partial charge in [-0.1, -0.05) is 16.8 Å². The van der Waals surface area contributed by atoms with Gasteiger partial charge in [-0.05, 0) is 36.8 Å². The molecule has 0 amide bonds. The van der Waals surface area contributed by atoms with Crippen LogP contribution < -0.4 is 4.74 Å². The summed E-state index contributed by atoms with van der Waals surface area (Å²) in [4.78, 5) is 0. The topological polar surface area (TPSA) is 55.0 Å². The lowest BCUT2D eigenvalue weighted by molar-refractivity contribution is 0.318. The molecular formula is C14H10ClNO3. The summed E-state index contributed by atoms with van der Waals surface area (Å²) >= 11 is 6.13. The van der Waals surface area contributed by atoms with E-state index in [0.29, 0.717) is 33.6 Å². The van der Waals surface area contributed by atoms with Crippen molar-refractivity contribution in [2.45, 2.75) is 6.92 Å². The maximum absolute atomic E-state index is 9.19. The first-order valence-electron chi connectivity index (χ1n) is 5.65. The van der Waals surface area contributed by atoms with E-state index in [9.17, 15) is 5.21 Å². The van der Waals surface area contributed by atoms with E-state index in [1.54, 1.807) is 30.5 Å². The van der Waals surface area contributed by atoms with Crippen LogP contribution in [-0.2, 0) is 0 Å². The van der Waals surface area contributed by atoms with Gasteiger partial charge in [-0.2, -0.15) is 0 Å². The molecule has 2 heterocycles. The fourth-order valence-corrected chi connectivity index (χ4v) is 2.32. The SMILES string of the molecule is Cc1cc(Cl)c2c(c1)C(=N\O)/C(=C/c1ccco1)O2. The van der Waals surface area contributed by atoms with Gasteiger partial charge >= 0.3 is 0 Å². The summed E-state index contributed by atoms with van der Waals surface area (Å²) in [5.74, 6) is 1.51. The molecule has 0 radical (unpaired) electrons. The first kappa shape index (κ1) is 11.9. The number of hydrogen-bond donors (Lipinski definition) is 1. The molecule has 5 heteroatoms. The monoisotopic (exact) mass is 275 g/mol. The van der Waals surface area contributed by atoms with E-state index in [2.05, 4.69) is 5.16 Å². The van der Waals surface area contributed by atoms with Crippen molar-refractivity contribution < 1.29 is 14.4 Å². The molecule has 1 aliphatic rings. The number of allylic oxidation sites excluding steroid dienone is 1. The lowest BCUT2D eigenvalue weighted by atomic mass is 10.1. The van der Waals surface area contributed by atoms with Gasteiger partial charge in [0.2, 0.25) is 0 Å². The first-order chi connectivity index (χ1) is 9.19. The molecule has 0 atom stereocenters. The molecule has 2 aromatic rings. The van der Waals surface area contributed by atoms with Gasteiger partial charge < -0.3 is 14.4 Å². The van der Waals surface area contributed by atoms with Crippen molar-refractivity contribution >= 4 is 23.4 Å². The van der Waals surface area contributed by atoms with Crippen LogP contribution in [0.3, 0.4) is 0 Å². The first-order valence-corrected chi connectivity index (χ1v) is 6.03. The predicted molar refractivity (Wildman–Crippen MR) is 71.8 cm³/mol. The van der Waals surface area contributed by atoms with Gasteiger partial charge in [-0.15, -0.1) is 0 Å². The summed E-state index contributed by atoms with van der Waals surface area (Å²) in [6.07, 6.45) is 3.21. The second-order valence-electron chi connectivity index (χ2n) is 4.20. The molecule has 1 N–H and O–H groups in total. The third kappa shape index (κ3) is 2.00. The predicted octanol–water partition coefficient (Wildman–Crippen LogP) is 3.85. The number of fused-ring (bicyclic) bond motifs is 1. The van der Waals surface area contributed by atoms with Crippen LogP contribution in [-0.4, -0.2) is 10.9 Å². The number of halogens is 1. The zero-order valence-electron chi connectivity index (χ0n) is 10.1. The maximum Gasteiger partial charge on any atom is 0.161 e. The maximum atomic E-state index is 9.19. The molecule has 3 rings (SSSR count). The van der Waals surface area contributed by atoms with E-state index in [0.717, 1.165) is 5.56 Å². The van der Waals surface area contributed by atoms with Crippen molar-refractivity contribution in [1.29, 1.82) is 0 Å². The molecular weight excluding hydrogens is 266 g/mol. The highest BCUT2D eigenvalue weighted by Gasteiger charge is 2.28. The van der Waals surface area contributed by atoms with E-state index >= 15 is 0 Å². The molecule has 96 valence electrons. The molecule has 0 aliphatic carbocycles. The number of aryl methyl sites for hydroxylation is 1. The fourth-order valence-electron chi connectivity index (χ4n) is 2.00. The van der Waals surface area contributed by atoms with Gasteiger partial charge in [0.15, 0.2) is 17.2 Å². The lowest BCUT2D eigenvalue weighted by Gasteiger charge is -2.01. The van der Waals surface area contributed by atoms with Crippen molar-refractivity contribution in [3.8, 4) is 5.75 Å². The van der Waals surface area contributed by atoms with Gasteiger partial charge in [0, 0.05) is 6.08 Å². The van der Waals surface area contributed by atoms with Crippen molar-refractivity contribution in [2.24, 2.45) is 5.16 Å². The van der Waals surface area contributed by atoms with Gasteiger partial charge in [0.05, 0.1) is 16.8 Å². The summed E-state index contributed by atoms with van der Waals surface area (Å²) in [5.41, 5.74) is 1.98. The standard InChI is InChI=1S/C14H10ClNO3/c1-8-5-10-13(16-17)12(7-9-3-2-4-18-9)19-14(10)11(15)6-8/h2-7,17H,1H3/b12-7-,16-13+. The van der Waals surface area contributed by atoms with Crippen LogP contribution >= 0.6 is 11.6 Å². The van der Waals surface area contributed by atoms with Crippen LogP contribution in [0.4, 0.5) is 0 Å². The fraction of sp³-hybridized carbons (Fsp3) is 0.0714. The minimum absolute atomic E-state index is 0.344. The Balaban J connectivity index is 2.12. The van der Waals surface area contributed by atoms with Crippen molar-refractivity contribution in [3.63, 3.8) is 0 Å². The largest absolute Gasteiger partial charge is 0.465 e. The summed E-state index contributed by atoms with van der Waals surface area (Å²) < 4.78 is 10.9. The van der Waals surface area contributed by atoms with Gasteiger partial charge in [-0.25, -0.2) is 0 Å². The second kappa shape index (κ2) is 4.48. The zero-order valence-corrected chi connectivity index (χ0v) is 10.8. The van der Waals surface area contributed by atoms with Crippen LogP contribution in [0.15, 0.2) is 45.9 Å². The van der Waals surface area contributed by atoms with E-state index < -0.39 is 0 Å². The molecule has 1 aromatic heterocycles. The number of hydrogen-bond acceptors (Lipinski definition) is 4. The number of rotatable bonds is 1. The molecule has 0 saturated carbocycles. The Morgan fingerprint density at radius 1 is 1.37 bits per heavy atom. The highest BCUT2D eigenvalue weighted by molar-refractivity contribution is 6.34. The Morgan fingerprint density at radius 2 is 2.21 bits per heavy atom. The van der Waals surface area contributed by atoms with Crippen LogP contribution in [0.25, 0.3) is 6.08 Å². The quantitative estimate of drug-likeness (QED) is 0.635. The number of oxime groups is 1. The van der Waals surface area contributed by atoms with Crippen LogP contribution in [0, 0.1) is 6.92 Å². The second-order valence-corrected chi connectivity index (χ2v) is 4.61. The Hall–Kier alpha value is -2.20. The Kier molecular flexibility index (Phi) is 2.80. The van der Waals surface area contributed by atoms with Crippen molar-refractivity contribution in [2.75, 3.05) is 0 Å². The highest BCUT2D eigenvalue weighted by Crippen LogP contribution is 2.39. The summed E-state index contributed by atoms with van der Waals surface area (Å²) in [5, 5.41) is 13.0. The molecule has 0 fully saturated rings. The van der Waals surface area contributed by atoms with Gasteiger partial charge in [0.25, 0.3) is 0 Å². The van der Waals surface area contributed by atoms with Gasteiger partial charge in [0.1, 0.15) is 5.76 Å². The minimum atomic E-state index is 0.344. The minimum Gasteiger partial charge on any atom is -0.465 e. The van der Waals surface area contributed by atoms with E-state index in [-0.39, 0.29) is 0 Å². The summed E-state index contributed by atoms with van der Waals surface area (Å²) in [7, 11) is 0. The van der Waals surface area contributed by atoms with E-state index in [4.69, 9.17) is 20.8 Å². The Morgan fingerprint density at radius 3 is 2.89 bits per heavy atom. The highest BCUT2D eigenvalue weighted by atomic mass is 35.5. The number of benzene rings is 1. The molecule has 0 bridgehead atoms. The van der Waals surface area contributed by atoms with E-state index in [1.807, 2.05) is 13.0 Å². The van der Waals surface area contributed by atoms with Crippen molar-refractivity contribution in [3.05, 3.63) is 58.2 Å². The Bertz CT molecular complexity index is 687. The molecule has 0 saturated heterocycles. The number of furan rings is 1. The third-order valence-corrected chi connectivity index (χ3v) is 3.09. The van der Waals surface area contributed by atoms with Crippen LogP contribution in [0.2, 0.25) is 5.02 Å². The molecule has 0 spiro atoms. The molecule has 4 nitrogen and oxygen atoms in total. The lowest BCUT2D eigenvalue weighted by Crippen LogP contribution is -2.00. The van der Waals surface area contributed by atoms with E-state index in [1.165, 1.54) is 0 Å². The summed E-state index contributed by atoms with van der Waals surface area (Å²) in [6.45, 7) is 1.91. The average Bonchev–Trinajstić information content (AvgIpc) is 2.97. The molecule has 1 aromatic carbocycles. The smallest absolute Gasteiger partial charge is 0.161 e. The van der Waals surface area contributed by atoms with Crippen molar-refractivity contribution in [1.82, 2.24) is 0 Å². The normalized spacial score (nSPS) is 17.8.